The molecule has 0 saturated heterocycles. The van der Waals surface area contributed by atoms with Crippen LogP contribution in [0, 0.1) is 6.92 Å². The third-order valence-electron chi connectivity index (χ3n) is 2.11. The molecule has 13 heavy (non-hydrogen) atoms. The van der Waals surface area contributed by atoms with E-state index in [0.29, 0.717) is 0 Å². The highest BCUT2D eigenvalue weighted by molar-refractivity contribution is 7.98. The zero-order valence-corrected chi connectivity index (χ0v) is 10.1. The molecule has 0 aliphatic rings. The van der Waals surface area contributed by atoms with Crippen molar-refractivity contribution in [3.05, 3.63) is 11.3 Å². The van der Waals surface area contributed by atoms with Gasteiger partial charge < -0.3 is 0 Å². The molecule has 0 fully saturated rings. The Balaban J connectivity index is 3.34. The molecule has 3 heteroatoms. The SMILES string of the molecule is CSc1c(C(C)(C)C)c(C)nn1C. The number of nitrogens with zero attached hydrogens (tertiary/aromatic N) is 2. The fourth-order valence-corrected chi connectivity index (χ4v) is 2.70. The van der Waals surface area contributed by atoms with E-state index in [1.807, 2.05) is 11.7 Å². The monoisotopic (exact) mass is 198 g/mol. The minimum Gasteiger partial charge on any atom is -0.262 e. The Morgan fingerprint density at radius 2 is 1.85 bits per heavy atom. The van der Waals surface area contributed by atoms with Crippen LogP contribution >= 0.6 is 11.8 Å². The molecule has 0 spiro atoms. The largest absolute Gasteiger partial charge is 0.262 e. The molecule has 0 saturated carbocycles. The Morgan fingerprint density at radius 3 is 2.15 bits per heavy atom. The van der Waals surface area contributed by atoms with Gasteiger partial charge >= 0.3 is 0 Å². The Bertz CT molecular complexity index is 307. The number of hydrogen-bond donors (Lipinski definition) is 0. The molecule has 0 aromatic carbocycles. The first kappa shape index (κ1) is 10.6. The van der Waals surface area contributed by atoms with Crippen molar-refractivity contribution in [3.8, 4) is 0 Å². The molecule has 74 valence electrons. The quantitative estimate of drug-likeness (QED) is 0.646. The third-order valence-corrected chi connectivity index (χ3v) is 2.97. The number of aromatic nitrogens is 2. The van der Waals surface area contributed by atoms with Crippen molar-refractivity contribution in [3.63, 3.8) is 0 Å². The molecule has 2 nitrogen and oxygen atoms in total. The molecule has 0 N–H and O–H groups in total. The van der Waals surface area contributed by atoms with E-state index in [1.165, 1.54) is 10.6 Å². The normalized spacial score (nSPS) is 12.2. The third kappa shape index (κ3) is 1.90. The van der Waals surface area contributed by atoms with Gasteiger partial charge in [-0.3, -0.25) is 4.68 Å². The molecule has 0 radical (unpaired) electrons. The Morgan fingerprint density at radius 1 is 1.31 bits per heavy atom. The van der Waals surface area contributed by atoms with Crippen molar-refractivity contribution in [1.82, 2.24) is 9.78 Å². The van der Waals surface area contributed by atoms with Crippen molar-refractivity contribution in [2.45, 2.75) is 38.1 Å². The Hall–Kier alpha value is -0.440. The lowest BCUT2D eigenvalue weighted by Crippen LogP contribution is -2.13. The van der Waals surface area contributed by atoms with E-state index in [-0.39, 0.29) is 5.41 Å². The molecule has 0 atom stereocenters. The summed E-state index contributed by atoms with van der Waals surface area (Å²) in [5, 5.41) is 5.73. The minimum atomic E-state index is 0.191. The fourth-order valence-electron chi connectivity index (χ4n) is 1.73. The standard InChI is InChI=1S/C10H18N2S/c1-7-8(10(2,3)4)9(13-6)12(5)11-7/h1-6H3. The lowest BCUT2D eigenvalue weighted by molar-refractivity contribution is 0.566. The highest BCUT2D eigenvalue weighted by Crippen LogP contribution is 2.33. The van der Waals surface area contributed by atoms with Crippen LogP contribution in [0.4, 0.5) is 0 Å². The summed E-state index contributed by atoms with van der Waals surface area (Å²) in [6, 6.07) is 0. The maximum absolute atomic E-state index is 4.44. The molecule has 0 aliphatic carbocycles. The van der Waals surface area contributed by atoms with Gasteiger partial charge in [-0.25, -0.2) is 0 Å². The van der Waals surface area contributed by atoms with Crippen LogP contribution in [-0.4, -0.2) is 16.0 Å². The van der Waals surface area contributed by atoms with E-state index in [9.17, 15) is 0 Å². The molecule has 1 aromatic heterocycles. The van der Waals surface area contributed by atoms with Crippen molar-refractivity contribution in [2.24, 2.45) is 7.05 Å². The topological polar surface area (TPSA) is 17.8 Å². The molecule has 0 unspecified atom stereocenters. The van der Waals surface area contributed by atoms with E-state index >= 15 is 0 Å². The van der Waals surface area contributed by atoms with Gasteiger partial charge in [-0.15, -0.1) is 11.8 Å². The van der Waals surface area contributed by atoms with E-state index in [1.54, 1.807) is 11.8 Å². The molecule has 0 bridgehead atoms. The molecule has 1 rings (SSSR count). The van der Waals surface area contributed by atoms with Crippen molar-refractivity contribution in [2.75, 3.05) is 6.26 Å². The van der Waals surface area contributed by atoms with E-state index in [0.717, 1.165) is 5.69 Å². The summed E-state index contributed by atoms with van der Waals surface area (Å²) in [5.74, 6) is 0. The van der Waals surface area contributed by atoms with Gasteiger partial charge in [-0.1, -0.05) is 20.8 Å². The zero-order chi connectivity index (χ0) is 10.2. The lowest BCUT2D eigenvalue weighted by atomic mass is 9.87. The van der Waals surface area contributed by atoms with Gasteiger partial charge in [-0.05, 0) is 18.6 Å². The van der Waals surface area contributed by atoms with Crippen molar-refractivity contribution >= 4 is 11.8 Å². The van der Waals surface area contributed by atoms with Crippen LogP contribution in [0.15, 0.2) is 5.03 Å². The highest BCUT2D eigenvalue weighted by atomic mass is 32.2. The zero-order valence-electron chi connectivity index (χ0n) is 9.30. The maximum Gasteiger partial charge on any atom is 0.0974 e. The molecular formula is C10H18N2S. The van der Waals surface area contributed by atoms with E-state index in [4.69, 9.17) is 0 Å². The van der Waals surface area contributed by atoms with E-state index < -0.39 is 0 Å². The summed E-state index contributed by atoms with van der Waals surface area (Å²) in [7, 11) is 2.01. The lowest BCUT2D eigenvalue weighted by Gasteiger charge is -2.19. The molecule has 0 aliphatic heterocycles. The van der Waals surface area contributed by atoms with Gasteiger partial charge in [0.1, 0.15) is 0 Å². The van der Waals surface area contributed by atoms with Crippen LogP contribution in [0.25, 0.3) is 0 Å². The predicted octanol–water partition coefficient (Wildman–Crippen LogP) is 2.75. The number of hydrogen-bond acceptors (Lipinski definition) is 2. The summed E-state index contributed by atoms with van der Waals surface area (Å²) >= 11 is 1.77. The van der Waals surface area contributed by atoms with Crippen molar-refractivity contribution < 1.29 is 0 Å². The molecule has 0 amide bonds. The van der Waals surface area contributed by atoms with Crippen LogP contribution < -0.4 is 0 Å². The average Bonchev–Trinajstić information content (AvgIpc) is 2.23. The maximum atomic E-state index is 4.44. The highest BCUT2D eigenvalue weighted by Gasteiger charge is 2.24. The van der Waals surface area contributed by atoms with Crippen molar-refractivity contribution in [1.29, 1.82) is 0 Å². The number of aryl methyl sites for hydroxylation is 2. The van der Waals surface area contributed by atoms with Crippen LogP contribution in [-0.2, 0) is 12.5 Å². The van der Waals surface area contributed by atoms with Crippen LogP contribution in [0.2, 0.25) is 0 Å². The van der Waals surface area contributed by atoms with Crippen LogP contribution in [0.3, 0.4) is 0 Å². The Kier molecular flexibility index (Phi) is 2.76. The Labute approximate surface area is 84.7 Å². The molecule has 1 heterocycles. The number of rotatable bonds is 1. The predicted molar refractivity (Wildman–Crippen MR) is 58.4 cm³/mol. The molecule has 1 aromatic rings. The van der Waals surface area contributed by atoms with Crippen LogP contribution in [0.1, 0.15) is 32.0 Å². The number of thioether (sulfide) groups is 1. The van der Waals surface area contributed by atoms with Gasteiger partial charge in [0.25, 0.3) is 0 Å². The summed E-state index contributed by atoms with van der Waals surface area (Å²) in [4.78, 5) is 0. The van der Waals surface area contributed by atoms with Gasteiger partial charge in [0, 0.05) is 12.6 Å². The first-order chi connectivity index (χ1) is 5.88. The van der Waals surface area contributed by atoms with Crippen LogP contribution in [0.5, 0.6) is 0 Å². The van der Waals surface area contributed by atoms with Gasteiger partial charge in [0.05, 0.1) is 10.7 Å². The minimum absolute atomic E-state index is 0.191. The fraction of sp³-hybridized carbons (Fsp3) is 0.700. The van der Waals surface area contributed by atoms with Gasteiger partial charge in [-0.2, -0.15) is 5.10 Å². The molecular weight excluding hydrogens is 180 g/mol. The second kappa shape index (κ2) is 3.37. The first-order valence-electron chi connectivity index (χ1n) is 4.46. The second-order valence-corrected chi connectivity index (χ2v) is 5.14. The van der Waals surface area contributed by atoms with E-state index in [2.05, 4.69) is 39.0 Å². The second-order valence-electron chi connectivity index (χ2n) is 4.34. The van der Waals surface area contributed by atoms with Gasteiger partial charge in [0.2, 0.25) is 0 Å². The summed E-state index contributed by atoms with van der Waals surface area (Å²) < 4.78 is 1.97. The average molecular weight is 198 g/mol. The smallest absolute Gasteiger partial charge is 0.0974 e. The van der Waals surface area contributed by atoms with Gasteiger partial charge in [0.15, 0.2) is 0 Å². The first-order valence-corrected chi connectivity index (χ1v) is 5.68. The summed E-state index contributed by atoms with van der Waals surface area (Å²) in [6.45, 7) is 8.78. The summed E-state index contributed by atoms with van der Waals surface area (Å²) in [5.41, 5.74) is 2.72. The summed E-state index contributed by atoms with van der Waals surface area (Å²) in [6.07, 6.45) is 2.10.